The zero-order valence-electron chi connectivity index (χ0n) is 14.4. The van der Waals surface area contributed by atoms with Gasteiger partial charge < -0.3 is 10.2 Å². The lowest BCUT2D eigenvalue weighted by Crippen LogP contribution is -2.48. The van der Waals surface area contributed by atoms with Crippen molar-refractivity contribution >= 4 is 46.2 Å². The minimum Gasteiger partial charge on any atom is -0.369 e. The second-order valence-corrected chi connectivity index (χ2v) is 7.05. The van der Waals surface area contributed by atoms with Crippen LogP contribution in [0.1, 0.15) is 0 Å². The second kappa shape index (κ2) is 8.56. The van der Waals surface area contributed by atoms with E-state index >= 15 is 0 Å². The first-order valence-electron chi connectivity index (χ1n) is 8.39. The van der Waals surface area contributed by atoms with Gasteiger partial charge in [0.05, 0.1) is 22.2 Å². The van der Waals surface area contributed by atoms with Crippen molar-refractivity contribution in [1.29, 1.82) is 0 Å². The number of benzene rings is 2. The van der Waals surface area contributed by atoms with Crippen LogP contribution in [0.15, 0.2) is 42.5 Å². The molecule has 0 aromatic heterocycles. The number of hydrogen-bond acceptors (Lipinski definition) is 5. The SMILES string of the molecule is O=C(CN1CCN(c2ccc([N+](=O)[O-])cc2)CC1)Nc1cc(Cl)ccc1Cl. The van der Waals surface area contributed by atoms with E-state index in [1.54, 1.807) is 30.3 Å². The Balaban J connectivity index is 1.51. The number of anilines is 2. The van der Waals surface area contributed by atoms with E-state index in [-0.39, 0.29) is 18.1 Å². The molecule has 0 atom stereocenters. The van der Waals surface area contributed by atoms with Gasteiger partial charge in [-0.05, 0) is 30.3 Å². The molecule has 27 heavy (non-hydrogen) atoms. The Morgan fingerprint density at radius 3 is 2.37 bits per heavy atom. The number of nitrogens with one attached hydrogen (secondary N) is 1. The molecule has 1 N–H and O–H groups in total. The topological polar surface area (TPSA) is 78.7 Å². The van der Waals surface area contributed by atoms with Crippen molar-refractivity contribution in [3.8, 4) is 0 Å². The highest BCUT2D eigenvalue weighted by atomic mass is 35.5. The summed E-state index contributed by atoms with van der Waals surface area (Å²) in [5.74, 6) is -0.150. The predicted molar refractivity (Wildman–Crippen MR) is 107 cm³/mol. The Hall–Kier alpha value is -2.35. The molecule has 1 heterocycles. The minimum atomic E-state index is -0.410. The summed E-state index contributed by atoms with van der Waals surface area (Å²) < 4.78 is 0. The highest BCUT2D eigenvalue weighted by Gasteiger charge is 2.20. The number of carbonyl (C=O) groups excluding carboxylic acids is 1. The van der Waals surface area contributed by atoms with Gasteiger partial charge in [-0.15, -0.1) is 0 Å². The number of piperazine rings is 1. The van der Waals surface area contributed by atoms with Crippen molar-refractivity contribution in [2.24, 2.45) is 0 Å². The summed E-state index contributed by atoms with van der Waals surface area (Å²) in [7, 11) is 0. The molecule has 142 valence electrons. The van der Waals surface area contributed by atoms with Gasteiger partial charge in [0.2, 0.25) is 5.91 Å². The average molecular weight is 409 g/mol. The van der Waals surface area contributed by atoms with E-state index in [2.05, 4.69) is 15.1 Å². The fraction of sp³-hybridized carbons (Fsp3) is 0.278. The monoisotopic (exact) mass is 408 g/mol. The van der Waals surface area contributed by atoms with Crippen molar-refractivity contribution < 1.29 is 9.72 Å². The summed E-state index contributed by atoms with van der Waals surface area (Å²) >= 11 is 12.0. The molecule has 0 radical (unpaired) electrons. The number of amides is 1. The van der Waals surface area contributed by atoms with Gasteiger partial charge >= 0.3 is 0 Å². The van der Waals surface area contributed by atoms with Gasteiger partial charge in [-0.25, -0.2) is 0 Å². The van der Waals surface area contributed by atoms with Gasteiger partial charge in [-0.2, -0.15) is 0 Å². The molecule has 0 aliphatic carbocycles. The van der Waals surface area contributed by atoms with E-state index in [0.717, 1.165) is 18.8 Å². The molecule has 1 aliphatic rings. The zero-order valence-corrected chi connectivity index (χ0v) is 15.9. The minimum absolute atomic E-state index is 0.0775. The van der Waals surface area contributed by atoms with Crippen LogP contribution in [0.2, 0.25) is 10.0 Å². The van der Waals surface area contributed by atoms with Gasteiger partial charge in [-0.1, -0.05) is 23.2 Å². The van der Waals surface area contributed by atoms with Crippen LogP contribution in [-0.4, -0.2) is 48.5 Å². The molecule has 2 aromatic carbocycles. The van der Waals surface area contributed by atoms with Gasteiger partial charge in [-0.3, -0.25) is 19.8 Å². The third-order valence-corrected chi connectivity index (χ3v) is 4.93. The molecular formula is C18H18Cl2N4O3. The summed E-state index contributed by atoms with van der Waals surface area (Å²) in [4.78, 5) is 26.8. The van der Waals surface area contributed by atoms with Crippen molar-refractivity contribution in [2.75, 3.05) is 42.9 Å². The highest BCUT2D eigenvalue weighted by Crippen LogP contribution is 2.25. The van der Waals surface area contributed by atoms with E-state index in [1.807, 2.05) is 0 Å². The number of carbonyl (C=O) groups is 1. The van der Waals surface area contributed by atoms with Crippen LogP contribution in [0.5, 0.6) is 0 Å². The fourth-order valence-electron chi connectivity index (χ4n) is 2.94. The molecule has 1 fully saturated rings. The molecule has 7 nitrogen and oxygen atoms in total. The van der Waals surface area contributed by atoms with Crippen LogP contribution < -0.4 is 10.2 Å². The highest BCUT2D eigenvalue weighted by molar-refractivity contribution is 6.35. The molecule has 0 bridgehead atoms. The first-order valence-corrected chi connectivity index (χ1v) is 9.14. The Labute approximate surface area is 166 Å². The molecule has 3 rings (SSSR count). The Bertz CT molecular complexity index is 837. The van der Waals surface area contributed by atoms with Gasteiger partial charge in [0.25, 0.3) is 5.69 Å². The predicted octanol–water partition coefficient (Wildman–Crippen LogP) is 3.66. The number of nitro groups is 1. The van der Waals surface area contributed by atoms with Crippen molar-refractivity contribution in [3.63, 3.8) is 0 Å². The zero-order chi connectivity index (χ0) is 19.4. The van der Waals surface area contributed by atoms with E-state index in [9.17, 15) is 14.9 Å². The molecule has 1 aliphatic heterocycles. The quantitative estimate of drug-likeness (QED) is 0.602. The number of nitrogens with zero attached hydrogens (tertiary/aromatic N) is 3. The van der Waals surface area contributed by atoms with Gasteiger partial charge in [0, 0.05) is 49.0 Å². The Morgan fingerprint density at radius 2 is 1.74 bits per heavy atom. The van der Waals surface area contributed by atoms with Crippen LogP contribution in [-0.2, 0) is 4.79 Å². The summed E-state index contributed by atoms with van der Waals surface area (Å²) in [6, 6.07) is 11.4. The van der Waals surface area contributed by atoms with E-state index in [0.29, 0.717) is 28.8 Å². The molecule has 0 spiro atoms. The lowest BCUT2D eigenvalue weighted by molar-refractivity contribution is -0.384. The number of non-ortho nitro benzene ring substituents is 1. The lowest BCUT2D eigenvalue weighted by atomic mass is 10.2. The lowest BCUT2D eigenvalue weighted by Gasteiger charge is -2.35. The number of halogens is 2. The van der Waals surface area contributed by atoms with Gasteiger partial charge in [0.1, 0.15) is 0 Å². The standard InChI is InChI=1S/C18H18Cl2N4O3/c19-13-1-6-16(20)17(11-13)21-18(25)12-22-7-9-23(10-8-22)14-2-4-15(5-3-14)24(26)27/h1-6,11H,7-10,12H2,(H,21,25). The summed E-state index contributed by atoms with van der Waals surface area (Å²) in [6.45, 7) is 3.17. The Kier molecular flexibility index (Phi) is 6.15. The third-order valence-electron chi connectivity index (χ3n) is 4.37. The largest absolute Gasteiger partial charge is 0.369 e. The molecule has 9 heteroatoms. The van der Waals surface area contributed by atoms with Crippen molar-refractivity contribution in [1.82, 2.24) is 4.90 Å². The van der Waals surface area contributed by atoms with Crippen molar-refractivity contribution in [2.45, 2.75) is 0 Å². The number of nitro benzene ring substituents is 1. The maximum atomic E-state index is 12.3. The van der Waals surface area contributed by atoms with E-state index in [4.69, 9.17) is 23.2 Å². The van der Waals surface area contributed by atoms with Crippen LogP contribution in [0.25, 0.3) is 0 Å². The summed E-state index contributed by atoms with van der Waals surface area (Å²) in [5.41, 5.74) is 1.52. The first-order chi connectivity index (χ1) is 12.9. The third kappa shape index (κ3) is 5.09. The van der Waals surface area contributed by atoms with Crippen LogP contribution in [0, 0.1) is 10.1 Å². The normalized spacial score (nSPS) is 14.8. The van der Waals surface area contributed by atoms with Crippen LogP contribution in [0.3, 0.4) is 0 Å². The van der Waals surface area contributed by atoms with Crippen LogP contribution in [0.4, 0.5) is 17.1 Å². The molecule has 2 aromatic rings. The maximum absolute atomic E-state index is 12.3. The smallest absolute Gasteiger partial charge is 0.269 e. The average Bonchev–Trinajstić information content (AvgIpc) is 2.65. The maximum Gasteiger partial charge on any atom is 0.269 e. The summed E-state index contributed by atoms with van der Waals surface area (Å²) in [6.07, 6.45) is 0. The first kappa shape index (κ1) is 19.4. The fourth-order valence-corrected chi connectivity index (χ4v) is 3.27. The van der Waals surface area contributed by atoms with Crippen molar-refractivity contribution in [3.05, 3.63) is 62.6 Å². The Morgan fingerprint density at radius 1 is 1.07 bits per heavy atom. The molecule has 1 amide bonds. The van der Waals surface area contributed by atoms with Gasteiger partial charge in [0.15, 0.2) is 0 Å². The van der Waals surface area contributed by atoms with E-state index in [1.165, 1.54) is 12.1 Å². The molecular weight excluding hydrogens is 391 g/mol. The number of hydrogen-bond donors (Lipinski definition) is 1. The second-order valence-electron chi connectivity index (χ2n) is 6.21. The van der Waals surface area contributed by atoms with E-state index < -0.39 is 4.92 Å². The van der Waals surface area contributed by atoms with Crippen LogP contribution >= 0.6 is 23.2 Å². The number of rotatable bonds is 5. The molecule has 0 saturated carbocycles. The molecule has 0 unspecified atom stereocenters. The summed E-state index contributed by atoms with van der Waals surface area (Å²) in [5, 5.41) is 14.5. The molecule has 1 saturated heterocycles.